The highest BCUT2D eigenvalue weighted by atomic mass is 32.2. The van der Waals surface area contributed by atoms with Crippen LogP contribution in [0, 0.1) is 17.0 Å². The first-order valence-corrected chi connectivity index (χ1v) is 7.32. The fourth-order valence-electron chi connectivity index (χ4n) is 1.84. The predicted octanol–water partition coefficient (Wildman–Crippen LogP) is 0.687. The van der Waals surface area contributed by atoms with E-state index in [-0.39, 0.29) is 22.8 Å². The standard InChI is InChI=1S/C11H13N5O4S/c1-7-3-2-4-9(16(17)18)10(7)21(19,20)14-6-8-5-13-15-11(8)12/h2-5,14H,6H2,1H3,(H3,12,13,15). The topological polar surface area (TPSA) is 144 Å². The normalized spacial score (nSPS) is 11.5. The Morgan fingerprint density at radius 2 is 2.19 bits per heavy atom. The van der Waals surface area contributed by atoms with Gasteiger partial charge in [-0.05, 0) is 12.5 Å². The van der Waals surface area contributed by atoms with Crippen molar-refractivity contribution in [2.45, 2.75) is 18.4 Å². The summed E-state index contributed by atoms with van der Waals surface area (Å²) in [6.07, 6.45) is 1.38. The molecule has 0 radical (unpaired) electrons. The summed E-state index contributed by atoms with van der Waals surface area (Å²) in [5, 5.41) is 17.1. The Bertz CT molecular complexity index is 784. The summed E-state index contributed by atoms with van der Waals surface area (Å²) in [7, 11) is -4.05. The molecule has 0 fully saturated rings. The Balaban J connectivity index is 2.36. The molecule has 1 aromatic carbocycles. The van der Waals surface area contributed by atoms with Gasteiger partial charge in [0.2, 0.25) is 10.0 Å². The minimum absolute atomic E-state index is 0.115. The molecule has 0 aliphatic carbocycles. The molecule has 4 N–H and O–H groups in total. The molecule has 0 aliphatic heterocycles. The largest absolute Gasteiger partial charge is 0.384 e. The second kappa shape index (κ2) is 5.50. The quantitative estimate of drug-likeness (QED) is 0.547. The van der Waals surface area contributed by atoms with Crippen molar-refractivity contribution in [2.24, 2.45) is 0 Å². The monoisotopic (exact) mass is 311 g/mol. The van der Waals surface area contributed by atoms with Gasteiger partial charge in [-0.2, -0.15) is 5.10 Å². The number of anilines is 1. The van der Waals surface area contributed by atoms with Crippen molar-refractivity contribution in [1.82, 2.24) is 14.9 Å². The lowest BCUT2D eigenvalue weighted by atomic mass is 10.2. The summed E-state index contributed by atoms with van der Waals surface area (Å²) in [4.78, 5) is 9.91. The number of rotatable bonds is 5. The van der Waals surface area contributed by atoms with Crippen LogP contribution in [0.4, 0.5) is 11.5 Å². The van der Waals surface area contributed by atoms with Crippen molar-refractivity contribution in [2.75, 3.05) is 5.73 Å². The number of aromatic nitrogens is 2. The Morgan fingerprint density at radius 1 is 1.48 bits per heavy atom. The zero-order valence-electron chi connectivity index (χ0n) is 11.0. The maximum atomic E-state index is 12.3. The lowest BCUT2D eigenvalue weighted by Gasteiger charge is -2.09. The number of nitro groups is 1. The van der Waals surface area contributed by atoms with Gasteiger partial charge in [0.1, 0.15) is 5.82 Å². The lowest BCUT2D eigenvalue weighted by molar-refractivity contribution is -0.387. The van der Waals surface area contributed by atoms with E-state index in [0.29, 0.717) is 5.56 Å². The van der Waals surface area contributed by atoms with Crippen LogP contribution in [-0.2, 0) is 16.6 Å². The number of aromatic amines is 1. The fraction of sp³-hybridized carbons (Fsp3) is 0.182. The molecule has 0 amide bonds. The van der Waals surface area contributed by atoms with Crippen LogP contribution in [0.15, 0.2) is 29.3 Å². The highest BCUT2D eigenvalue weighted by Gasteiger charge is 2.27. The van der Waals surface area contributed by atoms with Crippen LogP contribution in [0.5, 0.6) is 0 Å². The summed E-state index contributed by atoms with van der Waals surface area (Å²) in [6, 6.07) is 4.07. The van der Waals surface area contributed by atoms with Gasteiger partial charge in [0.05, 0.1) is 11.1 Å². The summed E-state index contributed by atoms with van der Waals surface area (Å²) in [5.41, 5.74) is 5.83. The van der Waals surface area contributed by atoms with Crippen molar-refractivity contribution in [3.05, 3.63) is 45.6 Å². The molecule has 2 aromatic rings. The van der Waals surface area contributed by atoms with E-state index < -0.39 is 20.6 Å². The van der Waals surface area contributed by atoms with Gasteiger partial charge in [-0.3, -0.25) is 15.2 Å². The third-order valence-corrected chi connectivity index (χ3v) is 4.45. The molecule has 2 rings (SSSR count). The molecule has 1 aromatic heterocycles. The van der Waals surface area contributed by atoms with Gasteiger partial charge in [-0.15, -0.1) is 0 Å². The van der Waals surface area contributed by atoms with Gasteiger partial charge < -0.3 is 5.73 Å². The van der Waals surface area contributed by atoms with Crippen LogP contribution in [0.25, 0.3) is 0 Å². The number of nitrogens with two attached hydrogens (primary N) is 1. The van der Waals surface area contributed by atoms with Gasteiger partial charge in [0.25, 0.3) is 5.69 Å². The molecular formula is C11H13N5O4S. The number of hydrogen-bond donors (Lipinski definition) is 3. The Labute approximate surface area is 120 Å². The number of sulfonamides is 1. The Kier molecular flexibility index (Phi) is 3.91. The molecule has 9 nitrogen and oxygen atoms in total. The van der Waals surface area contributed by atoms with Crippen molar-refractivity contribution in [3.63, 3.8) is 0 Å². The third kappa shape index (κ3) is 3.01. The Morgan fingerprint density at radius 3 is 2.76 bits per heavy atom. The first-order chi connectivity index (χ1) is 9.83. The molecule has 1 heterocycles. The number of nitro benzene ring substituents is 1. The van der Waals surface area contributed by atoms with Crippen molar-refractivity contribution in [1.29, 1.82) is 0 Å². The summed E-state index contributed by atoms with van der Waals surface area (Å²) in [6.45, 7) is 1.38. The van der Waals surface area contributed by atoms with Crippen molar-refractivity contribution >= 4 is 21.5 Å². The minimum Gasteiger partial charge on any atom is -0.384 e. The predicted molar refractivity (Wildman–Crippen MR) is 74.9 cm³/mol. The molecule has 0 saturated carbocycles. The van der Waals surface area contributed by atoms with Gasteiger partial charge in [-0.25, -0.2) is 13.1 Å². The van der Waals surface area contributed by atoms with E-state index in [4.69, 9.17) is 5.73 Å². The molecule has 0 saturated heterocycles. The van der Waals surface area contributed by atoms with E-state index in [1.54, 1.807) is 0 Å². The molecule has 0 bridgehead atoms. The average Bonchev–Trinajstić information content (AvgIpc) is 2.81. The number of aryl methyl sites for hydroxylation is 1. The molecule has 0 aliphatic rings. The summed E-state index contributed by atoms with van der Waals surface area (Å²) >= 11 is 0. The first-order valence-electron chi connectivity index (χ1n) is 5.84. The highest BCUT2D eigenvalue weighted by molar-refractivity contribution is 7.89. The van der Waals surface area contributed by atoms with Crippen LogP contribution < -0.4 is 10.5 Å². The molecule has 21 heavy (non-hydrogen) atoms. The first kappa shape index (κ1) is 14.9. The molecule has 0 spiro atoms. The molecular weight excluding hydrogens is 298 g/mol. The van der Waals surface area contributed by atoms with Crippen molar-refractivity contribution < 1.29 is 13.3 Å². The maximum Gasteiger partial charge on any atom is 0.289 e. The highest BCUT2D eigenvalue weighted by Crippen LogP contribution is 2.26. The van der Waals surface area contributed by atoms with Crippen LogP contribution in [-0.4, -0.2) is 23.5 Å². The Hall–Kier alpha value is -2.46. The van der Waals surface area contributed by atoms with E-state index in [1.165, 1.54) is 25.3 Å². The number of nitrogens with zero attached hydrogens (tertiary/aromatic N) is 2. The molecule has 0 unspecified atom stereocenters. The van der Waals surface area contributed by atoms with E-state index in [9.17, 15) is 18.5 Å². The van der Waals surface area contributed by atoms with E-state index in [2.05, 4.69) is 14.9 Å². The number of nitrogens with one attached hydrogen (secondary N) is 2. The maximum absolute atomic E-state index is 12.3. The number of nitrogen functional groups attached to an aromatic ring is 1. The zero-order chi connectivity index (χ0) is 15.6. The average molecular weight is 311 g/mol. The van der Waals surface area contributed by atoms with Crippen LogP contribution in [0.2, 0.25) is 0 Å². The van der Waals surface area contributed by atoms with E-state index in [1.807, 2.05) is 0 Å². The van der Waals surface area contributed by atoms with E-state index in [0.717, 1.165) is 6.07 Å². The van der Waals surface area contributed by atoms with Crippen molar-refractivity contribution in [3.8, 4) is 0 Å². The smallest absolute Gasteiger partial charge is 0.289 e. The van der Waals surface area contributed by atoms with E-state index >= 15 is 0 Å². The second-order valence-electron chi connectivity index (χ2n) is 4.31. The number of H-pyrrole nitrogens is 1. The van der Waals surface area contributed by atoms with Gasteiger partial charge >= 0.3 is 0 Å². The fourth-order valence-corrected chi connectivity index (χ4v) is 3.24. The number of benzene rings is 1. The summed E-state index contributed by atoms with van der Waals surface area (Å²) < 4.78 is 26.9. The van der Waals surface area contributed by atoms with Gasteiger partial charge in [-0.1, -0.05) is 12.1 Å². The lowest BCUT2D eigenvalue weighted by Crippen LogP contribution is -2.25. The minimum atomic E-state index is -4.05. The van der Waals surface area contributed by atoms with Crippen LogP contribution in [0.1, 0.15) is 11.1 Å². The number of hydrogen-bond acceptors (Lipinski definition) is 6. The molecule has 0 atom stereocenters. The van der Waals surface area contributed by atoms with Crippen LogP contribution >= 0.6 is 0 Å². The SMILES string of the molecule is Cc1cccc([N+](=O)[O-])c1S(=O)(=O)NCc1cn[nH]c1N. The molecule has 112 valence electrons. The van der Waals surface area contributed by atoms with Gasteiger partial charge in [0.15, 0.2) is 4.90 Å². The van der Waals surface area contributed by atoms with Crippen LogP contribution in [0.3, 0.4) is 0 Å². The third-order valence-electron chi connectivity index (χ3n) is 2.86. The summed E-state index contributed by atoms with van der Waals surface area (Å²) in [5.74, 6) is 0.233. The zero-order valence-corrected chi connectivity index (χ0v) is 11.8. The second-order valence-corrected chi connectivity index (χ2v) is 6.02. The van der Waals surface area contributed by atoms with Gasteiger partial charge in [0, 0.05) is 18.2 Å². The molecule has 10 heteroatoms.